The van der Waals surface area contributed by atoms with Gasteiger partial charge in [-0.3, -0.25) is 4.90 Å². The Morgan fingerprint density at radius 3 is 2.53 bits per heavy atom. The average molecular weight is 222 g/mol. The molecule has 80 valence electrons. The van der Waals surface area contributed by atoms with Gasteiger partial charge < -0.3 is 0 Å². The fourth-order valence-corrected chi connectivity index (χ4v) is 1.54. The molecule has 0 saturated heterocycles. The van der Waals surface area contributed by atoms with E-state index in [-0.39, 0.29) is 0 Å². The second-order valence-corrected chi connectivity index (χ2v) is 4.24. The summed E-state index contributed by atoms with van der Waals surface area (Å²) in [5, 5.41) is 0.781. The molecule has 0 aliphatic heterocycles. The Balaban J connectivity index is 2.55. The molecule has 0 aromatic heterocycles. The molecule has 1 nitrogen and oxygen atoms in total. The lowest BCUT2D eigenvalue weighted by molar-refractivity contribution is 0.287. The minimum absolute atomic E-state index is 0.447. The third-order valence-electron chi connectivity index (χ3n) is 2.54. The summed E-state index contributed by atoms with van der Waals surface area (Å²) in [5.41, 5.74) is 1.29. The normalized spacial score (nSPS) is 12.5. The topological polar surface area (TPSA) is 3.24 Å². The zero-order valence-corrected chi connectivity index (χ0v) is 9.96. The standard InChI is InChI=1S/C13H16ClN/c1-4-9-15(3)11(2)10-12-5-7-13(14)8-6-12/h1,5-8,11H,9-10H2,2-3H3. The van der Waals surface area contributed by atoms with Crippen molar-refractivity contribution in [2.45, 2.75) is 19.4 Å². The maximum Gasteiger partial charge on any atom is 0.0598 e. The number of likely N-dealkylation sites (N-methyl/N-ethyl adjacent to an activating group) is 1. The predicted octanol–water partition coefficient (Wildman–Crippen LogP) is 2.84. The molecular weight excluding hydrogens is 206 g/mol. The van der Waals surface area contributed by atoms with Gasteiger partial charge in [0.15, 0.2) is 0 Å². The Hall–Kier alpha value is -0.970. The Kier molecular flexibility index (Phi) is 4.68. The summed E-state index contributed by atoms with van der Waals surface area (Å²) >= 11 is 5.82. The van der Waals surface area contributed by atoms with Gasteiger partial charge in [-0.2, -0.15) is 0 Å². The molecule has 15 heavy (non-hydrogen) atoms. The van der Waals surface area contributed by atoms with Crippen LogP contribution in [-0.2, 0) is 6.42 Å². The average Bonchev–Trinajstić information content (AvgIpc) is 2.22. The lowest BCUT2D eigenvalue weighted by Crippen LogP contribution is -2.31. The predicted molar refractivity (Wildman–Crippen MR) is 66.1 cm³/mol. The van der Waals surface area contributed by atoms with Crippen molar-refractivity contribution in [1.82, 2.24) is 4.90 Å². The van der Waals surface area contributed by atoms with E-state index in [1.54, 1.807) is 0 Å². The molecule has 0 saturated carbocycles. The van der Waals surface area contributed by atoms with E-state index in [0.29, 0.717) is 12.6 Å². The van der Waals surface area contributed by atoms with Crippen molar-refractivity contribution in [2.24, 2.45) is 0 Å². The maximum atomic E-state index is 5.82. The van der Waals surface area contributed by atoms with E-state index in [1.165, 1.54) is 5.56 Å². The number of hydrogen-bond donors (Lipinski definition) is 0. The van der Waals surface area contributed by atoms with Crippen LogP contribution in [0.1, 0.15) is 12.5 Å². The van der Waals surface area contributed by atoms with Crippen LogP contribution in [0, 0.1) is 12.3 Å². The van der Waals surface area contributed by atoms with E-state index in [9.17, 15) is 0 Å². The van der Waals surface area contributed by atoms with E-state index < -0.39 is 0 Å². The van der Waals surface area contributed by atoms with Crippen LogP contribution >= 0.6 is 11.6 Å². The fourth-order valence-electron chi connectivity index (χ4n) is 1.42. The molecule has 0 amide bonds. The molecule has 0 heterocycles. The summed E-state index contributed by atoms with van der Waals surface area (Å²) in [5.74, 6) is 2.65. The summed E-state index contributed by atoms with van der Waals surface area (Å²) in [6, 6.07) is 8.41. The molecule has 0 N–H and O–H groups in total. The SMILES string of the molecule is C#CCN(C)C(C)Cc1ccc(Cl)cc1. The van der Waals surface area contributed by atoms with Gasteiger partial charge in [0, 0.05) is 11.1 Å². The molecule has 0 fully saturated rings. The second-order valence-electron chi connectivity index (χ2n) is 3.80. The first kappa shape index (κ1) is 12.1. The monoisotopic (exact) mass is 221 g/mol. The fraction of sp³-hybridized carbons (Fsp3) is 0.385. The first-order valence-corrected chi connectivity index (χ1v) is 5.39. The van der Waals surface area contributed by atoms with Gasteiger partial charge >= 0.3 is 0 Å². The van der Waals surface area contributed by atoms with E-state index >= 15 is 0 Å². The Morgan fingerprint density at radius 1 is 1.40 bits per heavy atom. The minimum Gasteiger partial charge on any atom is -0.292 e. The van der Waals surface area contributed by atoms with Crippen LogP contribution in [0.25, 0.3) is 0 Å². The highest BCUT2D eigenvalue weighted by molar-refractivity contribution is 6.30. The van der Waals surface area contributed by atoms with E-state index in [1.807, 2.05) is 19.2 Å². The third kappa shape index (κ3) is 3.95. The van der Waals surface area contributed by atoms with Crippen LogP contribution in [0.5, 0.6) is 0 Å². The minimum atomic E-state index is 0.447. The molecule has 1 aromatic carbocycles. The molecule has 0 aliphatic rings. The second kappa shape index (κ2) is 5.80. The highest BCUT2D eigenvalue weighted by Gasteiger charge is 2.08. The quantitative estimate of drug-likeness (QED) is 0.707. The first-order valence-electron chi connectivity index (χ1n) is 5.01. The van der Waals surface area contributed by atoms with Crippen LogP contribution in [0.2, 0.25) is 5.02 Å². The van der Waals surface area contributed by atoms with Gasteiger partial charge in [0.05, 0.1) is 6.54 Å². The number of nitrogens with zero attached hydrogens (tertiary/aromatic N) is 1. The molecule has 1 unspecified atom stereocenters. The van der Waals surface area contributed by atoms with Gasteiger partial charge in [0.25, 0.3) is 0 Å². The molecular formula is C13H16ClN. The van der Waals surface area contributed by atoms with E-state index in [0.717, 1.165) is 11.4 Å². The van der Waals surface area contributed by atoms with Crippen molar-refractivity contribution in [2.75, 3.05) is 13.6 Å². The van der Waals surface area contributed by atoms with Gasteiger partial charge in [0.2, 0.25) is 0 Å². The van der Waals surface area contributed by atoms with E-state index in [2.05, 4.69) is 29.9 Å². The number of hydrogen-bond acceptors (Lipinski definition) is 1. The van der Waals surface area contributed by atoms with Crippen molar-refractivity contribution >= 4 is 11.6 Å². The van der Waals surface area contributed by atoms with Gasteiger partial charge in [-0.25, -0.2) is 0 Å². The van der Waals surface area contributed by atoms with Crippen molar-refractivity contribution in [3.63, 3.8) is 0 Å². The molecule has 2 heteroatoms. The zero-order valence-electron chi connectivity index (χ0n) is 9.20. The summed E-state index contributed by atoms with van der Waals surface area (Å²) in [7, 11) is 2.04. The van der Waals surface area contributed by atoms with Crippen molar-refractivity contribution in [3.05, 3.63) is 34.9 Å². The van der Waals surface area contributed by atoms with E-state index in [4.69, 9.17) is 18.0 Å². The van der Waals surface area contributed by atoms with Gasteiger partial charge in [-0.05, 0) is 38.1 Å². The highest BCUT2D eigenvalue weighted by Crippen LogP contribution is 2.12. The van der Waals surface area contributed by atoms with Crippen LogP contribution in [0.3, 0.4) is 0 Å². The van der Waals surface area contributed by atoms with Crippen LogP contribution < -0.4 is 0 Å². The van der Waals surface area contributed by atoms with Crippen molar-refractivity contribution < 1.29 is 0 Å². The summed E-state index contributed by atoms with van der Waals surface area (Å²) in [6.07, 6.45) is 6.27. The van der Waals surface area contributed by atoms with Gasteiger partial charge in [-0.15, -0.1) is 6.42 Å². The molecule has 0 aliphatic carbocycles. The Labute approximate surface area is 97.0 Å². The van der Waals surface area contributed by atoms with Crippen molar-refractivity contribution in [3.8, 4) is 12.3 Å². The molecule has 0 spiro atoms. The number of rotatable bonds is 4. The molecule has 1 aromatic rings. The first-order chi connectivity index (χ1) is 7.13. The van der Waals surface area contributed by atoms with Crippen molar-refractivity contribution in [1.29, 1.82) is 0 Å². The summed E-state index contributed by atoms with van der Waals surface area (Å²) in [6.45, 7) is 2.86. The largest absolute Gasteiger partial charge is 0.292 e. The number of terminal acetylenes is 1. The summed E-state index contributed by atoms with van der Waals surface area (Å²) < 4.78 is 0. The number of halogens is 1. The zero-order chi connectivity index (χ0) is 11.3. The maximum absolute atomic E-state index is 5.82. The molecule has 1 atom stereocenters. The molecule has 0 radical (unpaired) electrons. The highest BCUT2D eigenvalue weighted by atomic mass is 35.5. The molecule has 0 bridgehead atoms. The smallest absolute Gasteiger partial charge is 0.0598 e. The Bertz CT molecular complexity index is 337. The summed E-state index contributed by atoms with van der Waals surface area (Å²) in [4.78, 5) is 2.16. The lowest BCUT2D eigenvalue weighted by atomic mass is 10.1. The lowest BCUT2D eigenvalue weighted by Gasteiger charge is -2.22. The van der Waals surface area contributed by atoms with Crippen LogP contribution in [0.4, 0.5) is 0 Å². The van der Waals surface area contributed by atoms with Gasteiger partial charge in [0.1, 0.15) is 0 Å². The van der Waals surface area contributed by atoms with Gasteiger partial charge in [-0.1, -0.05) is 29.7 Å². The third-order valence-corrected chi connectivity index (χ3v) is 2.79. The Morgan fingerprint density at radius 2 is 2.00 bits per heavy atom. The number of benzene rings is 1. The van der Waals surface area contributed by atoms with Crippen LogP contribution in [-0.4, -0.2) is 24.5 Å². The van der Waals surface area contributed by atoms with Crippen LogP contribution in [0.15, 0.2) is 24.3 Å². The molecule has 1 rings (SSSR count).